The molecule has 0 aromatic carbocycles. The number of hydrogen-bond acceptors (Lipinski definition) is 4. The predicted octanol–water partition coefficient (Wildman–Crippen LogP) is 2.21. The fourth-order valence-corrected chi connectivity index (χ4v) is 4.09. The van der Waals surface area contributed by atoms with Crippen LogP contribution in [-0.4, -0.2) is 50.1 Å². The monoisotopic (exact) mass is 319 g/mol. The second kappa shape index (κ2) is 7.70. The van der Waals surface area contributed by atoms with Crippen molar-refractivity contribution in [2.45, 2.75) is 58.5 Å². The van der Waals surface area contributed by atoms with Crippen LogP contribution in [-0.2, 0) is 19.6 Å². The topological polar surface area (TPSA) is 63.7 Å². The molecule has 1 unspecified atom stereocenters. The Kier molecular flexibility index (Phi) is 6.81. The number of sulfonamides is 1. The Morgan fingerprint density at radius 1 is 1.29 bits per heavy atom. The number of rotatable bonds is 8. The van der Waals surface area contributed by atoms with E-state index >= 15 is 0 Å². The Labute approximate surface area is 129 Å². The van der Waals surface area contributed by atoms with E-state index in [1.54, 1.807) is 0 Å². The Hall–Kier alpha value is -0.460. The highest BCUT2D eigenvalue weighted by Gasteiger charge is 2.37. The number of ketones is 1. The van der Waals surface area contributed by atoms with Gasteiger partial charge in [-0.1, -0.05) is 13.8 Å². The molecule has 0 aromatic heterocycles. The third-order valence-corrected chi connectivity index (χ3v) is 5.77. The Morgan fingerprint density at radius 2 is 1.90 bits per heavy atom. The smallest absolute Gasteiger partial charge is 0.211 e. The summed E-state index contributed by atoms with van der Waals surface area (Å²) in [5.74, 6) is 0.230. The van der Waals surface area contributed by atoms with E-state index < -0.39 is 15.6 Å². The van der Waals surface area contributed by atoms with E-state index in [-0.39, 0.29) is 11.7 Å². The van der Waals surface area contributed by atoms with Crippen LogP contribution in [0.5, 0.6) is 0 Å². The van der Waals surface area contributed by atoms with Gasteiger partial charge in [0, 0.05) is 26.1 Å². The second-order valence-electron chi connectivity index (χ2n) is 5.89. The number of ether oxygens (including phenoxy) is 1. The normalized spacial score (nSPS) is 21.4. The average Bonchev–Trinajstić information content (AvgIpc) is 2.44. The van der Waals surface area contributed by atoms with Crippen molar-refractivity contribution >= 4 is 15.8 Å². The summed E-state index contributed by atoms with van der Waals surface area (Å²) in [6.07, 6.45) is 4.71. The highest BCUT2D eigenvalue weighted by Crippen LogP contribution is 2.29. The molecular weight excluding hydrogens is 290 g/mol. The summed E-state index contributed by atoms with van der Waals surface area (Å²) in [4.78, 5) is 12.6. The molecule has 1 fully saturated rings. The number of piperidine rings is 1. The summed E-state index contributed by atoms with van der Waals surface area (Å²) in [6, 6.07) is 0. The highest BCUT2D eigenvalue weighted by molar-refractivity contribution is 7.88. The van der Waals surface area contributed by atoms with Crippen LogP contribution in [0, 0.1) is 5.92 Å². The fourth-order valence-electron chi connectivity index (χ4n) is 3.15. The molecule has 5 nitrogen and oxygen atoms in total. The van der Waals surface area contributed by atoms with Gasteiger partial charge < -0.3 is 4.74 Å². The van der Waals surface area contributed by atoms with E-state index in [4.69, 9.17) is 4.74 Å². The summed E-state index contributed by atoms with van der Waals surface area (Å²) >= 11 is 0. The van der Waals surface area contributed by atoms with Gasteiger partial charge >= 0.3 is 0 Å². The number of Topliss-reactive ketones (excluding diaryl/α,β-unsaturated/α-hetero) is 1. The molecule has 0 amide bonds. The minimum absolute atomic E-state index is 0.110. The zero-order chi connectivity index (χ0) is 16.1. The molecule has 0 aliphatic carbocycles. The third kappa shape index (κ3) is 4.76. The first-order valence-electron chi connectivity index (χ1n) is 7.91. The van der Waals surface area contributed by atoms with E-state index in [9.17, 15) is 13.2 Å². The molecule has 21 heavy (non-hydrogen) atoms. The van der Waals surface area contributed by atoms with Crippen molar-refractivity contribution < 1.29 is 17.9 Å². The summed E-state index contributed by atoms with van der Waals surface area (Å²) in [7, 11) is -3.16. The predicted molar refractivity (Wildman–Crippen MR) is 83.7 cm³/mol. The highest BCUT2D eigenvalue weighted by atomic mass is 32.2. The molecule has 1 aliphatic rings. The molecule has 0 radical (unpaired) electrons. The summed E-state index contributed by atoms with van der Waals surface area (Å²) in [6.45, 7) is 7.40. The fraction of sp³-hybridized carbons (Fsp3) is 0.933. The van der Waals surface area contributed by atoms with Gasteiger partial charge in [0.25, 0.3) is 0 Å². The molecule has 1 rings (SSSR count). The molecule has 0 aromatic rings. The second-order valence-corrected chi connectivity index (χ2v) is 7.87. The molecule has 1 saturated heterocycles. The van der Waals surface area contributed by atoms with Crippen molar-refractivity contribution in [1.82, 2.24) is 4.31 Å². The Morgan fingerprint density at radius 3 is 2.38 bits per heavy atom. The summed E-state index contributed by atoms with van der Waals surface area (Å²) in [5.41, 5.74) is -0.692. The molecule has 6 heteroatoms. The van der Waals surface area contributed by atoms with Crippen molar-refractivity contribution in [2.24, 2.45) is 5.92 Å². The molecule has 0 spiro atoms. The number of carbonyl (C=O) groups excluding carboxylic acids is 1. The molecule has 124 valence electrons. The number of hydrogen-bond donors (Lipinski definition) is 0. The summed E-state index contributed by atoms with van der Waals surface area (Å²) in [5, 5.41) is 0. The maximum Gasteiger partial charge on any atom is 0.211 e. The first-order chi connectivity index (χ1) is 9.79. The van der Waals surface area contributed by atoms with Crippen LogP contribution in [0.15, 0.2) is 0 Å². The minimum Gasteiger partial charge on any atom is -0.368 e. The number of nitrogens with zero attached hydrogens (tertiary/aromatic N) is 1. The van der Waals surface area contributed by atoms with Crippen molar-refractivity contribution in [1.29, 1.82) is 0 Å². The van der Waals surface area contributed by atoms with Gasteiger partial charge in [-0.25, -0.2) is 12.7 Å². The average molecular weight is 319 g/mol. The molecule has 0 N–H and O–H groups in total. The molecule has 1 atom stereocenters. The van der Waals surface area contributed by atoms with Crippen LogP contribution in [0.4, 0.5) is 0 Å². The lowest BCUT2D eigenvalue weighted by Gasteiger charge is -2.34. The lowest BCUT2D eigenvalue weighted by Crippen LogP contribution is -2.44. The molecule has 1 aliphatic heterocycles. The molecular formula is C15H29NO4S. The van der Waals surface area contributed by atoms with Crippen molar-refractivity contribution in [3.8, 4) is 0 Å². The SMILES string of the molecule is CCOC(CC)(CC)C(=O)CC1CCCN(S(C)(=O)=O)C1. The largest absolute Gasteiger partial charge is 0.368 e. The quantitative estimate of drug-likeness (QED) is 0.688. The zero-order valence-electron chi connectivity index (χ0n) is 13.7. The van der Waals surface area contributed by atoms with Crippen LogP contribution in [0.3, 0.4) is 0 Å². The van der Waals surface area contributed by atoms with Crippen molar-refractivity contribution in [3.05, 3.63) is 0 Å². The van der Waals surface area contributed by atoms with E-state index in [2.05, 4.69) is 0 Å². The lowest BCUT2D eigenvalue weighted by atomic mass is 9.84. The lowest BCUT2D eigenvalue weighted by molar-refractivity contribution is -0.146. The van der Waals surface area contributed by atoms with Gasteiger partial charge in [-0.15, -0.1) is 0 Å². The van der Waals surface area contributed by atoms with Gasteiger partial charge in [-0.3, -0.25) is 4.79 Å². The van der Waals surface area contributed by atoms with Crippen LogP contribution < -0.4 is 0 Å². The Bertz CT molecular complexity index is 443. The summed E-state index contributed by atoms with van der Waals surface area (Å²) < 4.78 is 30.5. The van der Waals surface area contributed by atoms with E-state index in [1.807, 2.05) is 20.8 Å². The van der Waals surface area contributed by atoms with Gasteiger partial charge in [0.15, 0.2) is 5.78 Å². The van der Waals surface area contributed by atoms with Crippen molar-refractivity contribution in [3.63, 3.8) is 0 Å². The number of carbonyl (C=O) groups is 1. The zero-order valence-corrected chi connectivity index (χ0v) is 14.5. The molecule has 1 heterocycles. The first-order valence-corrected chi connectivity index (χ1v) is 9.76. The van der Waals surface area contributed by atoms with Crippen LogP contribution in [0.1, 0.15) is 52.9 Å². The van der Waals surface area contributed by atoms with Gasteiger partial charge in [-0.2, -0.15) is 0 Å². The van der Waals surface area contributed by atoms with Gasteiger partial charge in [0.2, 0.25) is 10.0 Å². The van der Waals surface area contributed by atoms with Crippen LogP contribution >= 0.6 is 0 Å². The van der Waals surface area contributed by atoms with Gasteiger partial charge in [0.1, 0.15) is 5.60 Å². The van der Waals surface area contributed by atoms with E-state index in [0.29, 0.717) is 39.0 Å². The first kappa shape index (κ1) is 18.6. The maximum absolute atomic E-state index is 12.6. The van der Waals surface area contributed by atoms with Crippen LogP contribution in [0.25, 0.3) is 0 Å². The van der Waals surface area contributed by atoms with E-state index in [1.165, 1.54) is 10.6 Å². The Balaban J connectivity index is 2.73. The molecule has 0 saturated carbocycles. The van der Waals surface area contributed by atoms with Gasteiger partial charge in [0.05, 0.1) is 6.26 Å². The van der Waals surface area contributed by atoms with Crippen LogP contribution in [0.2, 0.25) is 0 Å². The molecule has 0 bridgehead atoms. The van der Waals surface area contributed by atoms with Gasteiger partial charge in [-0.05, 0) is 38.5 Å². The maximum atomic E-state index is 12.6. The van der Waals surface area contributed by atoms with Crippen molar-refractivity contribution in [2.75, 3.05) is 26.0 Å². The minimum atomic E-state index is -3.16. The third-order valence-electron chi connectivity index (χ3n) is 4.50. The van der Waals surface area contributed by atoms with E-state index in [0.717, 1.165) is 12.8 Å². The standard InChI is InChI=1S/C15H29NO4S/c1-5-15(6-2,20-7-3)14(17)11-13-9-8-10-16(12-13)21(4,18)19/h13H,5-12H2,1-4H3.